The summed E-state index contributed by atoms with van der Waals surface area (Å²) < 4.78 is 12.1. The van der Waals surface area contributed by atoms with Gasteiger partial charge in [0.25, 0.3) is 0 Å². The molecule has 0 bridgehead atoms. The van der Waals surface area contributed by atoms with Gasteiger partial charge in [-0.15, -0.1) is 5.10 Å². The SMILES string of the molecule is COC[C@@H](CO)NC(=O)Oc1cc(-c2ccc(C)cc2)cc(-n2nnnc2C(C)C)c1. The van der Waals surface area contributed by atoms with Crippen LogP contribution < -0.4 is 10.1 Å². The highest BCUT2D eigenvalue weighted by Gasteiger charge is 2.17. The topological polar surface area (TPSA) is 111 Å². The molecule has 1 heterocycles. The molecule has 2 aromatic carbocycles. The van der Waals surface area contributed by atoms with E-state index in [0.717, 1.165) is 16.7 Å². The molecule has 9 nitrogen and oxygen atoms in total. The number of hydrogen-bond donors (Lipinski definition) is 2. The first-order valence-electron chi connectivity index (χ1n) is 10.00. The quantitative estimate of drug-likeness (QED) is 0.571. The van der Waals surface area contributed by atoms with Gasteiger partial charge < -0.3 is 19.9 Å². The zero-order valence-corrected chi connectivity index (χ0v) is 18.1. The number of aryl methyl sites for hydroxylation is 1. The lowest BCUT2D eigenvalue weighted by atomic mass is 10.0. The van der Waals surface area contributed by atoms with Gasteiger partial charge in [0.2, 0.25) is 0 Å². The number of aliphatic hydroxyl groups excluding tert-OH is 1. The largest absolute Gasteiger partial charge is 0.412 e. The molecule has 0 unspecified atom stereocenters. The second-order valence-electron chi connectivity index (χ2n) is 7.55. The summed E-state index contributed by atoms with van der Waals surface area (Å²) in [6.07, 6.45) is -0.691. The number of carbonyl (C=O) groups excluding carboxylic acids is 1. The molecule has 0 spiro atoms. The number of ether oxygens (including phenoxy) is 2. The van der Waals surface area contributed by atoms with Crippen LogP contribution in [0.1, 0.15) is 31.2 Å². The van der Waals surface area contributed by atoms with Gasteiger partial charge >= 0.3 is 6.09 Å². The summed E-state index contributed by atoms with van der Waals surface area (Å²) >= 11 is 0. The number of amides is 1. The third-order valence-electron chi connectivity index (χ3n) is 4.65. The van der Waals surface area contributed by atoms with Gasteiger partial charge in [0.1, 0.15) is 5.75 Å². The first-order chi connectivity index (χ1) is 14.9. The van der Waals surface area contributed by atoms with Gasteiger partial charge in [-0.2, -0.15) is 4.68 Å². The number of tetrazole rings is 1. The number of nitrogens with zero attached hydrogens (tertiary/aromatic N) is 4. The van der Waals surface area contributed by atoms with E-state index in [2.05, 4.69) is 20.8 Å². The van der Waals surface area contributed by atoms with Gasteiger partial charge in [-0.1, -0.05) is 43.7 Å². The van der Waals surface area contributed by atoms with E-state index in [4.69, 9.17) is 9.47 Å². The van der Waals surface area contributed by atoms with Gasteiger partial charge in [0.15, 0.2) is 5.82 Å². The number of benzene rings is 2. The minimum Gasteiger partial charge on any atom is -0.410 e. The molecule has 1 aromatic heterocycles. The average molecular weight is 425 g/mol. The van der Waals surface area contributed by atoms with Crippen LogP contribution in [0.15, 0.2) is 42.5 Å². The fourth-order valence-corrected chi connectivity index (χ4v) is 3.06. The number of nitrogens with one attached hydrogen (secondary N) is 1. The second-order valence-corrected chi connectivity index (χ2v) is 7.55. The normalized spacial score (nSPS) is 12.1. The number of rotatable bonds is 8. The van der Waals surface area contributed by atoms with Gasteiger partial charge in [0, 0.05) is 19.1 Å². The molecule has 0 radical (unpaired) electrons. The van der Waals surface area contributed by atoms with Gasteiger partial charge in [0.05, 0.1) is 24.9 Å². The molecule has 0 fully saturated rings. The van der Waals surface area contributed by atoms with Crippen molar-refractivity contribution in [2.24, 2.45) is 0 Å². The first kappa shape index (κ1) is 22.4. The molecular formula is C22H27N5O4. The Bertz CT molecular complexity index is 1020. The smallest absolute Gasteiger partial charge is 0.410 e. The van der Waals surface area contributed by atoms with Crippen molar-refractivity contribution < 1.29 is 19.4 Å². The van der Waals surface area contributed by atoms with Crippen molar-refractivity contribution >= 4 is 6.09 Å². The lowest BCUT2D eigenvalue weighted by molar-refractivity contribution is 0.123. The zero-order chi connectivity index (χ0) is 22.4. The molecule has 2 N–H and O–H groups in total. The summed E-state index contributed by atoms with van der Waals surface area (Å²) in [6.45, 7) is 5.93. The number of hydrogen-bond acceptors (Lipinski definition) is 7. The van der Waals surface area contributed by atoms with Crippen molar-refractivity contribution in [3.8, 4) is 22.6 Å². The maximum Gasteiger partial charge on any atom is 0.412 e. The van der Waals surface area contributed by atoms with Crippen LogP contribution in [0.4, 0.5) is 4.79 Å². The molecule has 0 aliphatic carbocycles. The summed E-state index contributed by atoms with van der Waals surface area (Å²) in [4.78, 5) is 12.4. The zero-order valence-electron chi connectivity index (χ0n) is 18.1. The van der Waals surface area contributed by atoms with Crippen LogP contribution in [0.2, 0.25) is 0 Å². The molecule has 0 aliphatic rings. The summed E-state index contributed by atoms with van der Waals surface area (Å²) in [5.41, 5.74) is 3.63. The number of aliphatic hydroxyl groups is 1. The van der Waals surface area contributed by atoms with E-state index >= 15 is 0 Å². The van der Waals surface area contributed by atoms with E-state index in [0.29, 0.717) is 17.3 Å². The van der Waals surface area contributed by atoms with E-state index in [-0.39, 0.29) is 19.1 Å². The average Bonchev–Trinajstić information content (AvgIpc) is 3.24. The van der Waals surface area contributed by atoms with Crippen molar-refractivity contribution in [2.75, 3.05) is 20.3 Å². The maximum atomic E-state index is 12.4. The molecule has 9 heteroatoms. The van der Waals surface area contributed by atoms with Crippen LogP contribution in [0.25, 0.3) is 16.8 Å². The Hall–Kier alpha value is -3.30. The molecule has 1 atom stereocenters. The minimum absolute atomic E-state index is 0.102. The molecule has 1 amide bonds. The highest BCUT2D eigenvalue weighted by molar-refractivity contribution is 5.74. The predicted octanol–water partition coefficient (Wildman–Crippen LogP) is 2.86. The van der Waals surface area contributed by atoms with Crippen molar-refractivity contribution in [1.29, 1.82) is 0 Å². The van der Waals surface area contributed by atoms with E-state index in [9.17, 15) is 9.90 Å². The van der Waals surface area contributed by atoms with Crippen LogP contribution in [-0.2, 0) is 4.74 Å². The van der Waals surface area contributed by atoms with Gasteiger partial charge in [-0.05, 0) is 40.6 Å². The second kappa shape index (κ2) is 10.1. The lowest BCUT2D eigenvalue weighted by Crippen LogP contribution is -2.42. The van der Waals surface area contributed by atoms with Crippen molar-refractivity contribution in [1.82, 2.24) is 25.5 Å². The van der Waals surface area contributed by atoms with Crippen molar-refractivity contribution in [3.05, 3.63) is 53.9 Å². The molecule has 3 aromatic rings. The molecule has 0 aliphatic heterocycles. The predicted molar refractivity (Wildman–Crippen MR) is 115 cm³/mol. The molecular weight excluding hydrogens is 398 g/mol. The third-order valence-corrected chi connectivity index (χ3v) is 4.65. The third kappa shape index (κ3) is 5.65. The van der Waals surface area contributed by atoms with E-state index < -0.39 is 12.1 Å². The van der Waals surface area contributed by atoms with E-state index in [1.165, 1.54) is 7.11 Å². The fourth-order valence-electron chi connectivity index (χ4n) is 3.06. The molecule has 0 saturated heterocycles. The van der Waals surface area contributed by atoms with Crippen molar-refractivity contribution in [2.45, 2.75) is 32.7 Å². The summed E-state index contributed by atoms with van der Waals surface area (Å²) in [7, 11) is 1.49. The van der Waals surface area contributed by atoms with Crippen molar-refractivity contribution in [3.63, 3.8) is 0 Å². The Morgan fingerprint density at radius 1 is 1.16 bits per heavy atom. The van der Waals surface area contributed by atoms with Gasteiger partial charge in [-0.3, -0.25) is 0 Å². The molecule has 0 saturated carbocycles. The number of carbonyl (C=O) groups is 1. The minimum atomic E-state index is -0.691. The lowest BCUT2D eigenvalue weighted by Gasteiger charge is -2.16. The Balaban J connectivity index is 1.98. The number of aromatic nitrogens is 4. The highest BCUT2D eigenvalue weighted by Crippen LogP contribution is 2.29. The molecule has 164 valence electrons. The summed E-state index contributed by atoms with van der Waals surface area (Å²) in [5.74, 6) is 1.12. The molecule has 3 rings (SSSR count). The highest BCUT2D eigenvalue weighted by atomic mass is 16.6. The first-order valence-corrected chi connectivity index (χ1v) is 10.00. The Labute approximate surface area is 181 Å². The van der Waals surface area contributed by atoms with Crippen LogP contribution >= 0.6 is 0 Å². The molecule has 31 heavy (non-hydrogen) atoms. The van der Waals surface area contributed by atoms with Crippen LogP contribution in [0.3, 0.4) is 0 Å². The fraction of sp³-hybridized carbons (Fsp3) is 0.364. The van der Waals surface area contributed by atoms with E-state index in [1.807, 2.05) is 51.1 Å². The van der Waals surface area contributed by atoms with E-state index in [1.54, 1.807) is 16.8 Å². The number of methoxy groups -OCH3 is 1. The summed E-state index contributed by atoms with van der Waals surface area (Å²) in [6, 6.07) is 12.9. The monoisotopic (exact) mass is 425 g/mol. The Kier molecular flexibility index (Phi) is 7.32. The van der Waals surface area contributed by atoms with Crippen LogP contribution in [0.5, 0.6) is 5.75 Å². The van der Waals surface area contributed by atoms with Crippen LogP contribution in [-0.4, -0.2) is 57.8 Å². The standard InChI is InChI=1S/C22H27N5O4/c1-14(2)21-24-25-26-27(21)19-9-17(16-7-5-15(3)6-8-16)10-20(11-19)31-22(29)23-18(12-28)13-30-4/h5-11,14,18,28H,12-13H2,1-4H3,(H,23,29)/t18-/m1/s1. The van der Waals surface area contributed by atoms with Gasteiger partial charge in [-0.25, -0.2) is 4.79 Å². The Morgan fingerprint density at radius 2 is 1.90 bits per heavy atom. The summed E-state index contributed by atoms with van der Waals surface area (Å²) in [5, 5.41) is 24.0. The van der Waals surface area contributed by atoms with Crippen LogP contribution in [0, 0.1) is 6.92 Å². The Morgan fingerprint density at radius 3 is 2.55 bits per heavy atom. The maximum absolute atomic E-state index is 12.4.